The number of likely N-dealkylation sites (tertiary alicyclic amines) is 1. The SMILES string of the molecule is N=C1C(c2nc(-c3ccccc3)cs2)=C(O)CN1CC(=O)N1CCCC1. The fourth-order valence-electron chi connectivity index (χ4n) is 3.35. The molecule has 0 aliphatic carbocycles. The molecular weight excluding hydrogens is 348 g/mol. The number of hydrogen-bond acceptors (Lipinski definition) is 5. The maximum absolute atomic E-state index is 12.4. The minimum absolute atomic E-state index is 0.0189. The molecule has 2 aliphatic rings. The zero-order chi connectivity index (χ0) is 18.1. The number of thiazole rings is 1. The Hall–Kier alpha value is -2.67. The maximum atomic E-state index is 12.4. The number of carbonyl (C=O) groups excluding carboxylic acids is 1. The lowest BCUT2D eigenvalue weighted by atomic mass is 10.2. The molecule has 2 aliphatic heterocycles. The molecule has 6 nitrogen and oxygen atoms in total. The van der Waals surface area contributed by atoms with Crippen LogP contribution >= 0.6 is 11.3 Å². The first-order valence-corrected chi connectivity index (χ1v) is 9.56. The van der Waals surface area contributed by atoms with Gasteiger partial charge in [0.1, 0.15) is 16.6 Å². The number of aromatic nitrogens is 1. The number of aliphatic hydroxyl groups excluding tert-OH is 1. The molecule has 0 atom stereocenters. The Kier molecular flexibility index (Phi) is 4.46. The largest absolute Gasteiger partial charge is 0.510 e. The van der Waals surface area contributed by atoms with Crippen LogP contribution in [-0.2, 0) is 4.79 Å². The predicted octanol–water partition coefficient (Wildman–Crippen LogP) is 2.99. The van der Waals surface area contributed by atoms with E-state index in [9.17, 15) is 9.90 Å². The van der Waals surface area contributed by atoms with Crippen molar-refractivity contribution in [2.24, 2.45) is 0 Å². The zero-order valence-electron chi connectivity index (χ0n) is 14.3. The molecule has 1 aromatic carbocycles. The van der Waals surface area contributed by atoms with Crippen LogP contribution in [0.5, 0.6) is 0 Å². The number of hydrogen-bond donors (Lipinski definition) is 2. The van der Waals surface area contributed by atoms with E-state index in [0.29, 0.717) is 10.6 Å². The molecule has 3 heterocycles. The Balaban J connectivity index is 1.50. The fourth-order valence-corrected chi connectivity index (χ4v) is 4.25. The van der Waals surface area contributed by atoms with Gasteiger partial charge in [0.15, 0.2) is 0 Å². The van der Waals surface area contributed by atoms with E-state index >= 15 is 0 Å². The summed E-state index contributed by atoms with van der Waals surface area (Å²) < 4.78 is 0. The molecule has 1 amide bonds. The highest BCUT2D eigenvalue weighted by Gasteiger charge is 2.32. The second kappa shape index (κ2) is 6.92. The van der Waals surface area contributed by atoms with Crippen molar-refractivity contribution in [3.05, 3.63) is 46.5 Å². The molecule has 26 heavy (non-hydrogen) atoms. The monoisotopic (exact) mass is 368 g/mol. The van der Waals surface area contributed by atoms with Gasteiger partial charge in [0.2, 0.25) is 5.91 Å². The minimum Gasteiger partial charge on any atom is -0.510 e. The van der Waals surface area contributed by atoms with E-state index in [2.05, 4.69) is 4.98 Å². The average molecular weight is 368 g/mol. The van der Waals surface area contributed by atoms with Gasteiger partial charge in [0, 0.05) is 24.0 Å². The van der Waals surface area contributed by atoms with E-state index < -0.39 is 0 Å². The number of nitrogens with one attached hydrogen (secondary N) is 1. The van der Waals surface area contributed by atoms with Crippen molar-refractivity contribution >= 4 is 28.7 Å². The second-order valence-electron chi connectivity index (χ2n) is 6.52. The van der Waals surface area contributed by atoms with Crippen LogP contribution in [-0.4, -0.2) is 57.8 Å². The standard InChI is InChI=1S/C19H20N4O2S/c20-18-17(19-21-14(12-26-19)13-6-2-1-3-7-13)15(24)10-23(18)11-16(25)22-8-4-5-9-22/h1-3,6-7,12,20,24H,4-5,8-11H2. The van der Waals surface area contributed by atoms with Crippen molar-refractivity contribution < 1.29 is 9.90 Å². The van der Waals surface area contributed by atoms with Crippen molar-refractivity contribution in [3.63, 3.8) is 0 Å². The summed E-state index contributed by atoms with van der Waals surface area (Å²) in [6.07, 6.45) is 2.08. The second-order valence-corrected chi connectivity index (χ2v) is 7.38. The summed E-state index contributed by atoms with van der Waals surface area (Å²) in [6.45, 7) is 1.90. The Morgan fingerprint density at radius 3 is 2.69 bits per heavy atom. The van der Waals surface area contributed by atoms with Gasteiger partial charge in [0.05, 0.1) is 24.4 Å². The first-order valence-electron chi connectivity index (χ1n) is 8.68. The number of rotatable bonds is 4. The first-order chi connectivity index (χ1) is 12.6. The number of amides is 1. The quantitative estimate of drug-likeness (QED) is 0.869. The first kappa shape index (κ1) is 16.8. The van der Waals surface area contributed by atoms with Crippen LogP contribution in [0.1, 0.15) is 17.8 Å². The third-order valence-corrected chi connectivity index (χ3v) is 5.61. The highest BCUT2D eigenvalue weighted by atomic mass is 32.1. The van der Waals surface area contributed by atoms with Crippen LogP contribution < -0.4 is 0 Å². The van der Waals surface area contributed by atoms with Crippen molar-refractivity contribution in [3.8, 4) is 11.3 Å². The number of amidine groups is 1. The van der Waals surface area contributed by atoms with E-state index in [4.69, 9.17) is 5.41 Å². The van der Waals surface area contributed by atoms with Gasteiger partial charge in [-0.05, 0) is 12.8 Å². The highest BCUT2D eigenvalue weighted by molar-refractivity contribution is 7.11. The van der Waals surface area contributed by atoms with Crippen LogP contribution in [0, 0.1) is 5.41 Å². The third kappa shape index (κ3) is 3.10. The van der Waals surface area contributed by atoms with Crippen molar-refractivity contribution in [1.29, 1.82) is 5.41 Å². The number of benzene rings is 1. The lowest BCUT2D eigenvalue weighted by Gasteiger charge is -2.22. The number of nitrogens with zero attached hydrogens (tertiary/aromatic N) is 3. The molecule has 0 unspecified atom stereocenters. The Morgan fingerprint density at radius 2 is 1.96 bits per heavy atom. The van der Waals surface area contributed by atoms with Gasteiger partial charge in [-0.1, -0.05) is 30.3 Å². The van der Waals surface area contributed by atoms with E-state index in [0.717, 1.165) is 37.2 Å². The van der Waals surface area contributed by atoms with Crippen molar-refractivity contribution in [2.75, 3.05) is 26.2 Å². The summed E-state index contributed by atoms with van der Waals surface area (Å²) in [5, 5.41) is 21.3. The molecule has 0 radical (unpaired) electrons. The molecule has 134 valence electrons. The lowest BCUT2D eigenvalue weighted by molar-refractivity contribution is -0.130. The van der Waals surface area contributed by atoms with Gasteiger partial charge >= 0.3 is 0 Å². The van der Waals surface area contributed by atoms with Gasteiger partial charge in [-0.15, -0.1) is 11.3 Å². The third-order valence-electron chi connectivity index (χ3n) is 4.75. The van der Waals surface area contributed by atoms with Crippen LogP contribution in [0.15, 0.2) is 41.5 Å². The van der Waals surface area contributed by atoms with E-state index in [1.54, 1.807) is 4.90 Å². The fraction of sp³-hybridized carbons (Fsp3) is 0.316. The molecule has 2 aromatic rings. The smallest absolute Gasteiger partial charge is 0.242 e. The molecule has 0 spiro atoms. The highest BCUT2D eigenvalue weighted by Crippen LogP contribution is 2.32. The molecule has 0 saturated carbocycles. The molecule has 0 bridgehead atoms. The molecular formula is C19H20N4O2S. The minimum atomic E-state index is 0.0189. The summed E-state index contributed by atoms with van der Waals surface area (Å²) in [7, 11) is 0. The van der Waals surface area contributed by atoms with Crippen LogP contribution in [0.3, 0.4) is 0 Å². The zero-order valence-corrected chi connectivity index (χ0v) is 15.1. The lowest BCUT2D eigenvalue weighted by Crippen LogP contribution is -2.40. The van der Waals surface area contributed by atoms with Crippen LogP contribution in [0.4, 0.5) is 0 Å². The average Bonchev–Trinajstić information content (AvgIpc) is 3.38. The number of carbonyl (C=O) groups is 1. The van der Waals surface area contributed by atoms with Gasteiger partial charge in [-0.25, -0.2) is 4.98 Å². The Labute approximate surface area is 155 Å². The summed E-state index contributed by atoms with van der Waals surface area (Å²) >= 11 is 1.40. The van der Waals surface area contributed by atoms with Gasteiger partial charge in [-0.2, -0.15) is 0 Å². The molecule has 7 heteroatoms. The summed E-state index contributed by atoms with van der Waals surface area (Å²) in [6, 6.07) is 9.82. The molecule has 2 N–H and O–H groups in total. The van der Waals surface area contributed by atoms with Gasteiger partial charge in [0.25, 0.3) is 0 Å². The predicted molar refractivity (Wildman–Crippen MR) is 102 cm³/mol. The normalized spacial score (nSPS) is 17.5. The van der Waals surface area contributed by atoms with E-state index in [1.165, 1.54) is 11.3 Å². The molecule has 1 aromatic heterocycles. The molecule has 4 rings (SSSR count). The summed E-state index contributed by atoms with van der Waals surface area (Å²) in [4.78, 5) is 20.4. The molecule has 1 fully saturated rings. The van der Waals surface area contributed by atoms with E-state index in [-0.39, 0.29) is 30.6 Å². The Morgan fingerprint density at radius 1 is 1.23 bits per heavy atom. The summed E-state index contributed by atoms with van der Waals surface area (Å²) in [5.41, 5.74) is 2.26. The Bertz CT molecular complexity index is 869. The summed E-state index contributed by atoms with van der Waals surface area (Å²) in [5.74, 6) is 0.299. The maximum Gasteiger partial charge on any atom is 0.242 e. The van der Waals surface area contributed by atoms with Crippen LogP contribution in [0.2, 0.25) is 0 Å². The molecule has 1 saturated heterocycles. The van der Waals surface area contributed by atoms with Gasteiger partial charge in [-0.3, -0.25) is 10.2 Å². The van der Waals surface area contributed by atoms with Gasteiger partial charge < -0.3 is 14.9 Å². The van der Waals surface area contributed by atoms with Crippen LogP contribution in [0.25, 0.3) is 16.8 Å². The number of aliphatic hydroxyl groups is 1. The van der Waals surface area contributed by atoms with Crippen molar-refractivity contribution in [2.45, 2.75) is 12.8 Å². The van der Waals surface area contributed by atoms with Crippen molar-refractivity contribution in [1.82, 2.24) is 14.8 Å². The van der Waals surface area contributed by atoms with E-state index in [1.807, 2.05) is 40.6 Å². The topological polar surface area (TPSA) is 80.5 Å².